The second-order valence-electron chi connectivity index (χ2n) is 8.70. The summed E-state index contributed by atoms with van der Waals surface area (Å²) >= 11 is 1.83. The van der Waals surface area contributed by atoms with Gasteiger partial charge in [0.15, 0.2) is 0 Å². The van der Waals surface area contributed by atoms with Crippen LogP contribution in [0, 0.1) is 13.8 Å². The molecule has 6 rings (SSSR count). The third-order valence-corrected chi connectivity index (χ3v) is 7.46. The van der Waals surface area contributed by atoms with Crippen molar-refractivity contribution in [3.63, 3.8) is 0 Å². The van der Waals surface area contributed by atoms with Gasteiger partial charge in [0, 0.05) is 32.9 Å². The summed E-state index contributed by atoms with van der Waals surface area (Å²) in [6, 6.07) is 32.9. The fourth-order valence-electron chi connectivity index (χ4n) is 4.62. The Balaban J connectivity index is 1.48. The largest absolute Gasteiger partial charge is 0.302 e. The van der Waals surface area contributed by atoms with Gasteiger partial charge >= 0.3 is 0 Å². The molecule has 160 valence electrons. The van der Waals surface area contributed by atoms with Crippen LogP contribution in [0.25, 0.3) is 21.2 Å². The molecule has 3 heteroatoms. The van der Waals surface area contributed by atoms with E-state index in [2.05, 4.69) is 117 Å². The summed E-state index contributed by atoms with van der Waals surface area (Å²) in [5, 5.41) is 3.75. The average Bonchev–Trinajstić information content (AvgIpc) is 3.43. The molecule has 1 aliphatic rings. The molecule has 2 heterocycles. The predicted molar refractivity (Wildman–Crippen MR) is 143 cm³/mol. The van der Waals surface area contributed by atoms with Crippen LogP contribution in [-0.4, -0.2) is 5.71 Å². The highest BCUT2D eigenvalue weighted by Crippen LogP contribution is 2.45. The van der Waals surface area contributed by atoms with Crippen molar-refractivity contribution in [2.24, 2.45) is 4.99 Å². The number of rotatable bonds is 4. The van der Waals surface area contributed by atoms with E-state index in [4.69, 9.17) is 4.99 Å². The highest BCUT2D eigenvalue weighted by molar-refractivity contribution is 7.19. The highest BCUT2D eigenvalue weighted by Gasteiger charge is 2.20. The van der Waals surface area contributed by atoms with Crippen LogP contribution >= 0.6 is 11.3 Å². The van der Waals surface area contributed by atoms with E-state index < -0.39 is 0 Å². The summed E-state index contributed by atoms with van der Waals surface area (Å²) in [5.74, 6) is 0. The van der Waals surface area contributed by atoms with Gasteiger partial charge in [0.1, 0.15) is 5.00 Å². The molecule has 0 saturated heterocycles. The lowest BCUT2D eigenvalue weighted by Gasteiger charge is -2.24. The topological polar surface area (TPSA) is 15.6 Å². The van der Waals surface area contributed by atoms with Crippen molar-refractivity contribution < 1.29 is 0 Å². The van der Waals surface area contributed by atoms with Gasteiger partial charge in [0.25, 0.3) is 0 Å². The molecule has 0 saturated carbocycles. The summed E-state index contributed by atoms with van der Waals surface area (Å²) in [6.07, 6.45) is 0. The Kier molecular flexibility index (Phi) is 4.67. The molecule has 0 fully saturated rings. The normalized spacial score (nSPS) is 12.3. The minimum Gasteiger partial charge on any atom is -0.302 e. The fourth-order valence-corrected chi connectivity index (χ4v) is 5.71. The number of hydrogen-bond donors (Lipinski definition) is 0. The molecule has 0 aliphatic carbocycles. The Hall–Kier alpha value is -3.69. The van der Waals surface area contributed by atoms with Crippen molar-refractivity contribution in [3.05, 3.63) is 108 Å². The maximum Gasteiger partial charge on any atom is 0.101 e. The zero-order chi connectivity index (χ0) is 22.5. The lowest BCUT2D eigenvalue weighted by Crippen LogP contribution is -2.08. The third-order valence-electron chi connectivity index (χ3n) is 6.36. The molecule has 4 aromatic carbocycles. The number of aryl methyl sites for hydroxylation is 2. The van der Waals surface area contributed by atoms with Gasteiger partial charge in [-0.05, 0) is 74.2 Å². The molecular weight excluding hydrogens is 420 g/mol. The van der Waals surface area contributed by atoms with Crippen LogP contribution in [0.4, 0.5) is 22.1 Å². The highest BCUT2D eigenvalue weighted by atomic mass is 32.1. The van der Waals surface area contributed by atoms with E-state index >= 15 is 0 Å². The minimum atomic E-state index is 1.08. The van der Waals surface area contributed by atoms with E-state index in [1.165, 1.54) is 54.3 Å². The molecule has 1 aromatic heterocycles. The number of benzene rings is 4. The number of anilines is 3. The summed E-state index contributed by atoms with van der Waals surface area (Å²) in [7, 11) is 0. The van der Waals surface area contributed by atoms with Gasteiger partial charge in [-0.15, -0.1) is 11.3 Å². The zero-order valence-corrected chi connectivity index (χ0v) is 19.8. The van der Waals surface area contributed by atoms with Gasteiger partial charge in [-0.1, -0.05) is 59.7 Å². The Labute approximate surface area is 198 Å². The molecule has 0 atom stereocenters. The van der Waals surface area contributed by atoms with Gasteiger partial charge in [-0.25, -0.2) is 0 Å². The minimum absolute atomic E-state index is 1.08. The molecule has 0 N–H and O–H groups in total. The molecule has 0 spiro atoms. The van der Waals surface area contributed by atoms with E-state index in [0.29, 0.717) is 0 Å². The Morgan fingerprint density at radius 2 is 1.30 bits per heavy atom. The van der Waals surface area contributed by atoms with Crippen molar-refractivity contribution in [1.82, 2.24) is 0 Å². The number of nitrogens with zero attached hydrogens (tertiary/aromatic N) is 2. The number of thiophene rings is 1. The second-order valence-corrected chi connectivity index (χ2v) is 9.76. The summed E-state index contributed by atoms with van der Waals surface area (Å²) < 4.78 is 0. The SMILES string of the molecule is CC1=Nc2ccc(-c3ccc(N(c4ccc(C)cc4)c4ccc(C)cc4)s3)c3cccc1c23. The molecule has 0 bridgehead atoms. The maximum absolute atomic E-state index is 4.77. The number of hydrogen-bond acceptors (Lipinski definition) is 3. The van der Waals surface area contributed by atoms with Crippen LogP contribution in [0.1, 0.15) is 23.6 Å². The van der Waals surface area contributed by atoms with Crippen LogP contribution in [-0.2, 0) is 0 Å². The van der Waals surface area contributed by atoms with Crippen molar-refractivity contribution in [2.75, 3.05) is 4.90 Å². The van der Waals surface area contributed by atoms with Crippen LogP contribution in [0.2, 0.25) is 0 Å². The molecular formula is C30H24N2S. The average molecular weight is 445 g/mol. The Morgan fingerprint density at radius 1 is 0.636 bits per heavy atom. The summed E-state index contributed by atoms with van der Waals surface area (Å²) in [4.78, 5) is 8.38. The first-order chi connectivity index (χ1) is 16.1. The molecule has 5 aromatic rings. The number of aliphatic imine (C=N–C) groups is 1. The Morgan fingerprint density at radius 3 is 1.97 bits per heavy atom. The van der Waals surface area contributed by atoms with E-state index in [1.54, 1.807) is 0 Å². The summed E-state index contributed by atoms with van der Waals surface area (Å²) in [5.41, 5.74) is 9.57. The van der Waals surface area contributed by atoms with Gasteiger partial charge in [0.2, 0.25) is 0 Å². The fraction of sp³-hybridized carbons (Fsp3) is 0.100. The second kappa shape index (κ2) is 7.72. The third kappa shape index (κ3) is 3.37. The first-order valence-corrected chi connectivity index (χ1v) is 12.1. The van der Waals surface area contributed by atoms with Crippen LogP contribution in [0.15, 0.2) is 96.0 Å². The van der Waals surface area contributed by atoms with E-state index in [-0.39, 0.29) is 0 Å². The van der Waals surface area contributed by atoms with E-state index in [9.17, 15) is 0 Å². The van der Waals surface area contributed by atoms with Crippen molar-refractivity contribution in [1.29, 1.82) is 0 Å². The molecule has 0 unspecified atom stereocenters. The monoisotopic (exact) mass is 444 g/mol. The van der Waals surface area contributed by atoms with E-state index in [1.807, 2.05) is 11.3 Å². The van der Waals surface area contributed by atoms with Crippen LogP contribution < -0.4 is 4.90 Å². The lowest BCUT2D eigenvalue weighted by atomic mass is 9.98. The smallest absolute Gasteiger partial charge is 0.101 e. The van der Waals surface area contributed by atoms with Gasteiger partial charge < -0.3 is 4.90 Å². The summed E-state index contributed by atoms with van der Waals surface area (Å²) in [6.45, 7) is 6.35. The van der Waals surface area contributed by atoms with Crippen molar-refractivity contribution >= 4 is 49.9 Å². The quantitative estimate of drug-likeness (QED) is 0.270. The van der Waals surface area contributed by atoms with E-state index in [0.717, 1.165) is 11.4 Å². The zero-order valence-electron chi connectivity index (χ0n) is 19.0. The van der Waals surface area contributed by atoms with Crippen LogP contribution in [0.3, 0.4) is 0 Å². The van der Waals surface area contributed by atoms with Crippen molar-refractivity contribution in [2.45, 2.75) is 20.8 Å². The van der Waals surface area contributed by atoms with Crippen LogP contribution in [0.5, 0.6) is 0 Å². The first-order valence-electron chi connectivity index (χ1n) is 11.2. The molecule has 0 amide bonds. The first kappa shape index (κ1) is 20.0. The van der Waals surface area contributed by atoms with Gasteiger partial charge in [0.05, 0.1) is 5.69 Å². The molecule has 2 nitrogen and oxygen atoms in total. The standard InChI is InChI=1S/C30H24N2S/c1-19-7-11-22(12-8-19)32(23-13-9-20(2)10-14-23)29-18-17-28(33-29)25-15-16-27-30-24(21(3)31-27)5-4-6-26(25)30/h4-18H,1-3H3. The predicted octanol–water partition coefficient (Wildman–Crippen LogP) is 9.11. The van der Waals surface area contributed by atoms with Crippen molar-refractivity contribution in [3.8, 4) is 10.4 Å². The maximum atomic E-state index is 4.77. The van der Waals surface area contributed by atoms with Gasteiger partial charge in [-0.2, -0.15) is 0 Å². The van der Waals surface area contributed by atoms with Gasteiger partial charge in [-0.3, -0.25) is 4.99 Å². The molecule has 33 heavy (non-hydrogen) atoms. The molecule has 0 radical (unpaired) electrons. The molecule has 1 aliphatic heterocycles. The lowest BCUT2D eigenvalue weighted by molar-refractivity contribution is 1.29. The Bertz CT molecular complexity index is 1480.